The molecule has 20 heavy (non-hydrogen) atoms. The quantitative estimate of drug-likeness (QED) is 0.688. The molecule has 0 aliphatic rings. The maximum Gasteiger partial charge on any atom is 0.175 e. The second kappa shape index (κ2) is 7.06. The van der Waals surface area contributed by atoms with Gasteiger partial charge >= 0.3 is 0 Å². The molecule has 0 atom stereocenters. The van der Waals surface area contributed by atoms with Gasteiger partial charge in [0.25, 0.3) is 0 Å². The van der Waals surface area contributed by atoms with Gasteiger partial charge in [-0.05, 0) is 58.5 Å². The Balaban J connectivity index is 2.09. The average Bonchev–Trinajstić information content (AvgIpc) is 2.42. The van der Waals surface area contributed by atoms with Crippen LogP contribution in [0.3, 0.4) is 0 Å². The summed E-state index contributed by atoms with van der Waals surface area (Å²) < 4.78 is 7.20. The first kappa shape index (κ1) is 15.3. The fourth-order valence-corrected chi connectivity index (χ4v) is 2.98. The van der Waals surface area contributed by atoms with Crippen LogP contribution in [0.1, 0.15) is 0 Å². The predicted octanol–water partition coefficient (Wildman–Crippen LogP) is 5.03. The minimum absolute atomic E-state index is 0.498. The molecular formula is C14H12Br2N2OS. The molecule has 0 saturated carbocycles. The van der Waals surface area contributed by atoms with Crippen LogP contribution in [0.5, 0.6) is 5.75 Å². The lowest BCUT2D eigenvalue weighted by Crippen LogP contribution is -2.19. The molecule has 2 aromatic rings. The zero-order chi connectivity index (χ0) is 14.5. The van der Waals surface area contributed by atoms with Crippen molar-refractivity contribution in [2.75, 3.05) is 17.7 Å². The number of hydrogen-bond donors (Lipinski definition) is 2. The molecule has 0 saturated heterocycles. The zero-order valence-corrected chi connectivity index (χ0v) is 14.6. The van der Waals surface area contributed by atoms with Crippen molar-refractivity contribution >= 4 is 60.6 Å². The monoisotopic (exact) mass is 414 g/mol. The van der Waals surface area contributed by atoms with E-state index in [0.29, 0.717) is 5.11 Å². The SMILES string of the molecule is COc1ccccc1NC(=S)Nc1ccc(Br)cc1Br. The highest BCUT2D eigenvalue weighted by Gasteiger charge is 2.06. The van der Waals surface area contributed by atoms with E-state index in [1.54, 1.807) is 7.11 Å². The summed E-state index contributed by atoms with van der Waals surface area (Å²) in [6.45, 7) is 0. The molecule has 2 rings (SSSR count). The number of rotatable bonds is 3. The number of ether oxygens (including phenoxy) is 1. The largest absolute Gasteiger partial charge is 0.495 e. The molecule has 0 aliphatic heterocycles. The lowest BCUT2D eigenvalue weighted by atomic mass is 10.3. The van der Waals surface area contributed by atoms with Crippen molar-refractivity contribution < 1.29 is 4.74 Å². The summed E-state index contributed by atoms with van der Waals surface area (Å²) in [7, 11) is 1.63. The van der Waals surface area contributed by atoms with E-state index in [1.165, 1.54) is 0 Å². The van der Waals surface area contributed by atoms with E-state index in [-0.39, 0.29) is 0 Å². The highest BCUT2D eigenvalue weighted by Crippen LogP contribution is 2.27. The van der Waals surface area contributed by atoms with Gasteiger partial charge in [-0.1, -0.05) is 28.1 Å². The van der Waals surface area contributed by atoms with Crippen LogP contribution in [0, 0.1) is 0 Å². The molecule has 2 aromatic carbocycles. The summed E-state index contributed by atoms with van der Waals surface area (Å²) in [5.74, 6) is 0.742. The van der Waals surface area contributed by atoms with Crippen molar-refractivity contribution in [2.45, 2.75) is 0 Å². The Morgan fingerprint density at radius 3 is 2.45 bits per heavy atom. The number of methoxy groups -OCH3 is 1. The number of thiocarbonyl (C=S) groups is 1. The number of halogens is 2. The summed E-state index contributed by atoms with van der Waals surface area (Å²) in [6.07, 6.45) is 0. The van der Waals surface area contributed by atoms with Crippen LogP contribution in [0.2, 0.25) is 0 Å². The van der Waals surface area contributed by atoms with Gasteiger partial charge < -0.3 is 15.4 Å². The normalized spacial score (nSPS) is 9.95. The van der Waals surface area contributed by atoms with Gasteiger partial charge in [-0.2, -0.15) is 0 Å². The smallest absolute Gasteiger partial charge is 0.175 e. The van der Waals surface area contributed by atoms with Gasteiger partial charge in [0.1, 0.15) is 5.75 Å². The second-order valence-corrected chi connectivity index (χ2v) is 6.08. The van der Waals surface area contributed by atoms with E-state index in [9.17, 15) is 0 Å². The number of nitrogens with one attached hydrogen (secondary N) is 2. The fourth-order valence-electron chi connectivity index (χ4n) is 1.61. The molecule has 104 valence electrons. The molecule has 0 spiro atoms. The topological polar surface area (TPSA) is 33.3 Å². The molecule has 0 aromatic heterocycles. The van der Waals surface area contributed by atoms with Crippen molar-refractivity contribution in [2.24, 2.45) is 0 Å². The Morgan fingerprint density at radius 2 is 1.75 bits per heavy atom. The predicted molar refractivity (Wildman–Crippen MR) is 94.7 cm³/mol. The fraction of sp³-hybridized carbons (Fsp3) is 0.0714. The standard InChI is InChI=1S/C14H12Br2N2OS/c1-19-13-5-3-2-4-12(13)18-14(20)17-11-7-6-9(15)8-10(11)16/h2-8H,1H3,(H2,17,18,20). The Kier molecular flexibility index (Phi) is 5.39. The van der Waals surface area contributed by atoms with Crippen molar-refractivity contribution in [3.63, 3.8) is 0 Å². The minimum Gasteiger partial charge on any atom is -0.495 e. The number of benzene rings is 2. The first-order valence-electron chi connectivity index (χ1n) is 5.76. The van der Waals surface area contributed by atoms with Crippen LogP contribution in [-0.2, 0) is 0 Å². The summed E-state index contributed by atoms with van der Waals surface area (Å²) in [5.41, 5.74) is 1.71. The Labute approximate surface area is 140 Å². The van der Waals surface area contributed by atoms with Crippen LogP contribution in [-0.4, -0.2) is 12.2 Å². The summed E-state index contributed by atoms with van der Waals surface area (Å²) in [4.78, 5) is 0. The molecule has 0 bridgehead atoms. The molecule has 0 fully saturated rings. The average molecular weight is 416 g/mol. The van der Waals surface area contributed by atoms with Crippen molar-refractivity contribution in [3.8, 4) is 5.75 Å². The summed E-state index contributed by atoms with van der Waals surface area (Å²) >= 11 is 12.2. The highest BCUT2D eigenvalue weighted by molar-refractivity contribution is 9.11. The van der Waals surface area contributed by atoms with Crippen LogP contribution < -0.4 is 15.4 Å². The van der Waals surface area contributed by atoms with E-state index < -0.39 is 0 Å². The third kappa shape index (κ3) is 3.94. The Hall–Kier alpha value is -1.11. The van der Waals surface area contributed by atoms with Gasteiger partial charge in [0.15, 0.2) is 5.11 Å². The number of hydrogen-bond acceptors (Lipinski definition) is 2. The van der Waals surface area contributed by atoms with E-state index in [0.717, 1.165) is 26.1 Å². The third-order valence-electron chi connectivity index (χ3n) is 2.53. The lowest BCUT2D eigenvalue weighted by molar-refractivity contribution is 0.417. The second-order valence-electron chi connectivity index (χ2n) is 3.90. The number of para-hydroxylation sites is 2. The van der Waals surface area contributed by atoms with Crippen molar-refractivity contribution in [1.29, 1.82) is 0 Å². The Morgan fingerprint density at radius 1 is 1.05 bits per heavy atom. The van der Waals surface area contributed by atoms with Gasteiger partial charge in [-0.3, -0.25) is 0 Å². The van der Waals surface area contributed by atoms with E-state index >= 15 is 0 Å². The molecule has 0 amide bonds. The van der Waals surface area contributed by atoms with E-state index in [2.05, 4.69) is 42.5 Å². The van der Waals surface area contributed by atoms with E-state index in [1.807, 2.05) is 42.5 Å². The van der Waals surface area contributed by atoms with Crippen LogP contribution in [0.15, 0.2) is 51.4 Å². The first-order valence-corrected chi connectivity index (χ1v) is 7.75. The van der Waals surface area contributed by atoms with Crippen molar-refractivity contribution in [1.82, 2.24) is 0 Å². The molecule has 2 N–H and O–H groups in total. The minimum atomic E-state index is 0.498. The van der Waals surface area contributed by atoms with Gasteiger partial charge in [-0.15, -0.1) is 0 Å². The maximum absolute atomic E-state index is 5.31. The lowest BCUT2D eigenvalue weighted by Gasteiger charge is -2.14. The van der Waals surface area contributed by atoms with Gasteiger partial charge in [0.2, 0.25) is 0 Å². The highest BCUT2D eigenvalue weighted by atomic mass is 79.9. The van der Waals surface area contributed by atoms with E-state index in [4.69, 9.17) is 17.0 Å². The molecule has 0 unspecified atom stereocenters. The first-order chi connectivity index (χ1) is 9.60. The van der Waals surface area contributed by atoms with Crippen LogP contribution in [0.25, 0.3) is 0 Å². The Bertz CT molecular complexity index is 634. The van der Waals surface area contributed by atoms with Gasteiger partial charge in [0.05, 0.1) is 18.5 Å². The van der Waals surface area contributed by atoms with Crippen LogP contribution >= 0.6 is 44.1 Å². The zero-order valence-electron chi connectivity index (χ0n) is 10.6. The maximum atomic E-state index is 5.31. The molecule has 0 radical (unpaired) electrons. The molecule has 0 heterocycles. The van der Waals surface area contributed by atoms with Crippen LogP contribution in [0.4, 0.5) is 11.4 Å². The molecule has 0 aliphatic carbocycles. The number of anilines is 2. The van der Waals surface area contributed by atoms with Gasteiger partial charge in [-0.25, -0.2) is 0 Å². The third-order valence-corrected chi connectivity index (χ3v) is 3.89. The molecule has 6 heteroatoms. The van der Waals surface area contributed by atoms with Crippen molar-refractivity contribution in [3.05, 3.63) is 51.4 Å². The molecular weight excluding hydrogens is 404 g/mol. The molecule has 3 nitrogen and oxygen atoms in total. The summed E-state index contributed by atoms with van der Waals surface area (Å²) in [6, 6.07) is 13.4. The van der Waals surface area contributed by atoms with Gasteiger partial charge in [0, 0.05) is 8.95 Å². The summed E-state index contributed by atoms with van der Waals surface area (Å²) in [5, 5.41) is 6.75.